The van der Waals surface area contributed by atoms with Crippen LogP contribution >= 0.6 is 18.0 Å². The monoisotopic (exact) mass is 384 g/mol. The largest absolute Gasteiger partial charge is 0.497 e. The molecular weight excluding hydrogens is 355 g/mol. The predicted octanol–water partition coefficient (Wildman–Crippen LogP) is 4.88. The Labute approximate surface area is 155 Å². The van der Waals surface area contributed by atoms with E-state index in [1.165, 1.54) is 24.2 Å². The van der Waals surface area contributed by atoms with Gasteiger partial charge in [0.15, 0.2) is 0 Å². The first-order valence-electron chi connectivity index (χ1n) is 9.20. The Morgan fingerprint density at radius 3 is 1.92 bits per heavy atom. The second-order valence-corrected chi connectivity index (χ2v) is 11.3. The van der Waals surface area contributed by atoms with Crippen molar-refractivity contribution in [3.63, 3.8) is 0 Å². The number of nitrogens with zero attached hydrogens (tertiary/aromatic N) is 2. The molecule has 0 radical (unpaired) electrons. The van der Waals surface area contributed by atoms with E-state index in [9.17, 15) is 4.57 Å². The van der Waals surface area contributed by atoms with Crippen molar-refractivity contribution >= 4 is 18.0 Å². The van der Waals surface area contributed by atoms with Gasteiger partial charge in [0.05, 0.1) is 19.1 Å². The summed E-state index contributed by atoms with van der Waals surface area (Å²) in [5.74, 6) is 1.49. The van der Waals surface area contributed by atoms with Crippen molar-refractivity contribution in [3.8, 4) is 11.5 Å². The molecule has 1 aromatic carbocycles. The SMILES string of the molecule is COc1ccc(SP(=O)(N2CCCCC2)N2CCCCC2)c(OC)c1. The number of hydrogen-bond acceptors (Lipinski definition) is 4. The molecule has 2 heterocycles. The molecule has 0 unspecified atom stereocenters. The van der Waals surface area contributed by atoms with Gasteiger partial charge in [0, 0.05) is 32.2 Å². The van der Waals surface area contributed by atoms with E-state index in [-0.39, 0.29) is 0 Å². The summed E-state index contributed by atoms with van der Waals surface area (Å²) in [4.78, 5) is 0.933. The summed E-state index contributed by atoms with van der Waals surface area (Å²) in [6.45, 7) is 1.03. The van der Waals surface area contributed by atoms with Crippen molar-refractivity contribution in [3.05, 3.63) is 18.2 Å². The van der Waals surface area contributed by atoms with Gasteiger partial charge in [-0.25, -0.2) is 9.34 Å². The van der Waals surface area contributed by atoms with Gasteiger partial charge in [0.2, 0.25) is 0 Å². The topological polar surface area (TPSA) is 42.0 Å². The molecule has 0 bridgehead atoms. The summed E-state index contributed by atoms with van der Waals surface area (Å²) in [5, 5.41) is 0. The molecule has 25 heavy (non-hydrogen) atoms. The minimum Gasteiger partial charge on any atom is -0.497 e. The van der Waals surface area contributed by atoms with E-state index in [2.05, 4.69) is 9.34 Å². The molecule has 2 aliphatic heterocycles. The Morgan fingerprint density at radius 1 is 0.880 bits per heavy atom. The summed E-state index contributed by atoms with van der Waals surface area (Å²) in [5.41, 5.74) is 0. The van der Waals surface area contributed by atoms with Crippen LogP contribution in [0.15, 0.2) is 23.1 Å². The first-order valence-corrected chi connectivity index (χ1v) is 12.2. The molecule has 0 aliphatic carbocycles. The molecular formula is C18H29N2O3PS. The minimum atomic E-state index is -2.69. The van der Waals surface area contributed by atoms with E-state index in [1.54, 1.807) is 14.2 Å². The lowest BCUT2D eigenvalue weighted by Crippen LogP contribution is -2.36. The zero-order valence-corrected chi connectivity index (χ0v) is 17.0. The zero-order chi connectivity index (χ0) is 17.7. The van der Waals surface area contributed by atoms with E-state index < -0.39 is 6.65 Å². The van der Waals surface area contributed by atoms with Crippen LogP contribution in [0.3, 0.4) is 0 Å². The second-order valence-electron chi connectivity index (χ2n) is 6.63. The Morgan fingerprint density at radius 2 is 1.44 bits per heavy atom. The summed E-state index contributed by atoms with van der Waals surface area (Å²) in [6, 6.07) is 5.77. The Hall–Kier alpha value is -0.680. The van der Waals surface area contributed by atoms with Crippen LogP contribution in [0.1, 0.15) is 38.5 Å². The molecule has 2 aliphatic rings. The number of benzene rings is 1. The summed E-state index contributed by atoms with van der Waals surface area (Å²) < 4.78 is 29.6. The molecule has 0 saturated carbocycles. The van der Waals surface area contributed by atoms with Crippen LogP contribution in [-0.4, -0.2) is 49.7 Å². The second kappa shape index (κ2) is 8.81. The lowest BCUT2D eigenvalue weighted by Gasteiger charge is -2.41. The highest BCUT2D eigenvalue weighted by atomic mass is 32.7. The van der Waals surface area contributed by atoms with Gasteiger partial charge in [-0.15, -0.1) is 0 Å². The van der Waals surface area contributed by atoms with E-state index in [1.807, 2.05) is 18.2 Å². The third-order valence-corrected chi connectivity index (χ3v) is 10.7. The molecule has 0 amide bonds. The lowest BCUT2D eigenvalue weighted by molar-refractivity contribution is 0.287. The molecule has 0 spiro atoms. The van der Waals surface area contributed by atoms with Crippen LogP contribution in [0.2, 0.25) is 0 Å². The average molecular weight is 384 g/mol. The van der Waals surface area contributed by atoms with Crippen LogP contribution in [-0.2, 0) is 4.57 Å². The molecule has 140 valence electrons. The van der Waals surface area contributed by atoms with E-state index in [0.717, 1.165) is 68.3 Å². The number of ether oxygens (including phenoxy) is 2. The van der Waals surface area contributed by atoms with Gasteiger partial charge >= 0.3 is 0 Å². The van der Waals surface area contributed by atoms with Crippen molar-refractivity contribution in [2.75, 3.05) is 40.4 Å². The summed E-state index contributed by atoms with van der Waals surface area (Å²) in [7, 11) is 3.31. The molecule has 0 aromatic heterocycles. The minimum absolute atomic E-state index is 0.735. The van der Waals surface area contributed by atoms with E-state index in [4.69, 9.17) is 9.47 Å². The van der Waals surface area contributed by atoms with Crippen LogP contribution in [0, 0.1) is 0 Å². The van der Waals surface area contributed by atoms with Crippen molar-refractivity contribution < 1.29 is 14.0 Å². The molecule has 0 N–H and O–H groups in total. The smallest absolute Gasteiger partial charge is 0.276 e. The van der Waals surface area contributed by atoms with Crippen molar-refractivity contribution in [1.82, 2.24) is 9.34 Å². The molecule has 0 atom stereocenters. The average Bonchev–Trinajstić information content (AvgIpc) is 2.69. The zero-order valence-electron chi connectivity index (χ0n) is 15.3. The fourth-order valence-electron chi connectivity index (χ4n) is 3.53. The third kappa shape index (κ3) is 4.36. The molecule has 2 fully saturated rings. The fraction of sp³-hybridized carbons (Fsp3) is 0.667. The van der Waals surface area contributed by atoms with Crippen LogP contribution in [0.25, 0.3) is 0 Å². The highest BCUT2D eigenvalue weighted by molar-refractivity contribution is 8.56. The molecule has 7 heteroatoms. The van der Waals surface area contributed by atoms with Crippen LogP contribution < -0.4 is 9.47 Å². The summed E-state index contributed by atoms with van der Waals surface area (Å²) >= 11 is 1.50. The van der Waals surface area contributed by atoms with E-state index in [0.29, 0.717) is 0 Å². The summed E-state index contributed by atoms with van der Waals surface area (Å²) in [6.07, 6.45) is 7.03. The number of hydrogen-bond donors (Lipinski definition) is 0. The van der Waals surface area contributed by atoms with Gasteiger partial charge < -0.3 is 9.47 Å². The fourth-order valence-corrected chi connectivity index (χ4v) is 9.21. The maximum atomic E-state index is 14.2. The lowest BCUT2D eigenvalue weighted by atomic mass is 10.2. The quantitative estimate of drug-likeness (QED) is 0.652. The Balaban J connectivity index is 1.90. The van der Waals surface area contributed by atoms with Crippen LogP contribution in [0.4, 0.5) is 0 Å². The molecule has 5 nitrogen and oxygen atoms in total. The number of methoxy groups -OCH3 is 2. The van der Waals surface area contributed by atoms with Crippen molar-refractivity contribution in [2.45, 2.75) is 43.4 Å². The van der Waals surface area contributed by atoms with E-state index >= 15 is 0 Å². The highest BCUT2D eigenvalue weighted by Crippen LogP contribution is 2.69. The van der Waals surface area contributed by atoms with Gasteiger partial charge in [-0.3, -0.25) is 4.57 Å². The number of rotatable bonds is 6. The van der Waals surface area contributed by atoms with Crippen molar-refractivity contribution in [1.29, 1.82) is 0 Å². The first kappa shape index (κ1) is 19.1. The third-order valence-electron chi connectivity index (χ3n) is 4.97. The van der Waals surface area contributed by atoms with Gasteiger partial charge in [0.1, 0.15) is 11.5 Å². The number of piperidine rings is 2. The normalized spacial score (nSPS) is 20.4. The molecule has 2 saturated heterocycles. The van der Waals surface area contributed by atoms with Crippen molar-refractivity contribution in [2.24, 2.45) is 0 Å². The van der Waals surface area contributed by atoms with Gasteiger partial charge in [0.25, 0.3) is 6.65 Å². The van der Waals surface area contributed by atoms with Gasteiger partial charge in [-0.05, 0) is 49.2 Å². The van der Waals surface area contributed by atoms with Crippen LogP contribution in [0.5, 0.6) is 11.5 Å². The standard InChI is InChI=1S/C18H29N2O3PS/c1-22-16-9-10-18(17(15-16)23-2)25-24(21,19-11-5-3-6-12-19)20-13-7-4-8-14-20/h9-10,15H,3-8,11-14H2,1-2H3. The highest BCUT2D eigenvalue weighted by Gasteiger charge is 2.40. The first-order chi connectivity index (χ1) is 12.2. The Kier molecular flexibility index (Phi) is 6.73. The molecule has 1 aromatic rings. The van der Waals surface area contributed by atoms with Gasteiger partial charge in [-0.2, -0.15) is 0 Å². The van der Waals surface area contributed by atoms with Gasteiger partial charge in [-0.1, -0.05) is 12.8 Å². The maximum Gasteiger partial charge on any atom is 0.276 e. The molecule has 3 rings (SSSR count). The predicted molar refractivity (Wildman–Crippen MR) is 104 cm³/mol. The Bertz CT molecular complexity index is 594. The maximum absolute atomic E-state index is 14.2.